The molecule has 5 heteroatoms. The Morgan fingerprint density at radius 2 is 2.14 bits per heavy atom. The number of halogens is 1. The van der Waals surface area contributed by atoms with Gasteiger partial charge in [0.25, 0.3) is 0 Å². The molecule has 1 aromatic carbocycles. The first kappa shape index (κ1) is 13.4. The molecule has 0 bridgehead atoms. The van der Waals surface area contributed by atoms with E-state index in [1.54, 1.807) is 23.7 Å². The number of rotatable bonds is 2. The van der Waals surface area contributed by atoms with Crippen LogP contribution in [0.1, 0.15) is 11.3 Å². The Morgan fingerprint density at radius 3 is 2.91 bits per heavy atom. The average Bonchev–Trinajstić information content (AvgIpc) is 3.09. The minimum Gasteiger partial charge on any atom is -0.352 e. The maximum Gasteiger partial charge on any atom is 0.140 e. The number of hydrogen-bond acceptors (Lipinski definition) is 4. The van der Waals surface area contributed by atoms with Crippen molar-refractivity contribution in [1.29, 1.82) is 0 Å². The van der Waals surface area contributed by atoms with Crippen molar-refractivity contribution >= 4 is 33.6 Å². The molecule has 0 saturated heterocycles. The second-order valence-electron chi connectivity index (χ2n) is 5.26. The van der Waals surface area contributed by atoms with Gasteiger partial charge in [-0.1, -0.05) is 12.1 Å². The minimum absolute atomic E-state index is 0.254. The molecule has 3 aromatic rings. The molecule has 3 nitrogen and oxygen atoms in total. The Morgan fingerprint density at radius 1 is 1.18 bits per heavy atom. The summed E-state index contributed by atoms with van der Waals surface area (Å²) in [6.45, 7) is 1.67. The zero-order valence-corrected chi connectivity index (χ0v) is 12.7. The van der Waals surface area contributed by atoms with Gasteiger partial charge in [0.2, 0.25) is 0 Å². The Hall–Kier alpha value is -2.27. The highest BCUT2D eigenvalue weighted by Gasteiger charge is 2.17. The van der Waals surface area contributed by atoms with Crippen molar-refractivity contribution in [3.05, 3.63) is 58.8 Å². The van der Waals surface area contributed by atoms with Gasteiger partial charge in [0.1, 0.15) is 18.0 Å². The Kier molecular flexibility index (Phi) is 3.35. The molecule has 0 fully saturated rings. The summed E-state index contributed by atoms with van der Waals surface area (Å²) < 4.78 is 13.5. The van der Waals surface area contributed by atoms with Crippen LogP contribution in [-0.2, 0) is 0 Å². The van der Waals surface area contributed by atoms with E-state index in [1.165, 1.54) is 22.6 Å². The van der Waals surface area contributed by atoms with E-state index in [0.29, 0.717) is 0 Å². The predicted molar refractivity (Wildman–Crippen MR) is 88.6 cm³/mol. The van der Waals surface area contributed by atoms with Crippen LogP contribution in [-0.4, -0.2) is 23.1 Å². The van der Waals surface area contributed by atoms with Gasteiger partial charge < -0.3 is 4.90 Å². The SMILES string of the molecule is Fc1ccc2ncnc(N3CC=C(c4cccs4)CC3)c2c1. The Balaban J connectivity index is 1.68. The first-order valence-electron chi connectivity index (χ1n) is 7.19. The van der Waals surface area contributed by atoms with Gasteiger partial charge in [-0.15, -0.1) is 11.3 Å². The lowest BCUT2D eigenvalue weighted by Gasteiger charge is -2.28. The van der Waals surface area contributed by atoms with Crippen LogP contribution in [0.2, 0.25) is 0 Å². The summed E-state index contributed by atoms with van der Waals surface area (Å²) in [5, 5.41) is 2.87. The van der Waals surface area contributed by atoms with E-state index in [4.69, 9.17) is 0 Å². The topological polar surface area (TPSA) is 29.0 Å². The molecule has 1 aliphatic heterocycles. The molecule has 0 spiro atoms. The molecule has 3 heterocycles. The fraction of sp³-hybridized carbons (Fsp3) is 0.176. The van der Waals surface area contributed by atoms with Crippen LogP contribution in [0.4, 0.5) is 10.2 Å². The van der Waals surface area contributed by atoms with E-state index in [9.17, 15) is 4.39 Å². The van der Waals surface area contributed by atoms with Crippen LogP contribution in [0.25, 0.3) is 16.5 Å². The highest BCUT2D eigenvalue weighted by molar-refractivity contribution is 7.11. The standard InChI is InChI=1S/C17H14FN3S/c18-13-3-4-15-14(10-13)17(20-11-19-15)21-7-5-12(6-8-21)16-2-1-9-22-16/h1-5,9-11H,6-8H2. The Bertz CT molecular complexity index is 842. The normalized spacial score (nSPS) is 15.1. The van der Waals surface area contributed by atoms with Gasteiger partial charge in [0.05, 0.1) is 5.52 Å². The molecular formula is C17H14FN3S. The van der Waals surface area contributed by atoms with Gasteiger partial charge in [-0.2, -0.15) is 0 Å². The second kappa shape index (κ2) is 5.50. The van der Waals surface area contributed by atoms with Crippen LogP contribution in [0.15, 0.2) is 48.1 Å². The zero-order valence-electron chi connectivity index (χ0n) is 11.9. The number of thiophene rings is 1. The summed E-state index contributed by atoms with van der Waals surface area (Å²) in [6.07, 6.45) is 4.76. The van der Waals surface area contributed by atoms with E-state index >= 15 is 0 Å². The second-order valence-corrected chi connectivity index (χ2v) is 6.21. The van der Waals surface area contributed by atoms with E-state index in [1.807, 2.05) is 0 Å². The predicted octanol–water partition coefficient (Wildman–Crippen LogP) is 4.12. The highest BCUT2D eigenvalue weighted by Crippen LogP contribution is 2.30. The van der Waals surface area contributed by atoms with Gasteiger partial charge in [-0.25, -0.2) is 14.4 Å². The fourth-order valence-electron chi connectivity index (χ4n) is 2.81. The zero-order chi connectivity index (χ0) is 14.9. The van der Waals surface area contributed by atoms with E-state index in [2.05, 4.69) is 38.5 Å². The largest absolute Gasteiger partial charge is 0.352 e. The van der Waals surface area contributed by atoms with Gasteiger partial charge in [-0.05, 0) is 41.6 Å². The quantitative estimate of drug-likeness (QED) is 0.713. The van der Waals surface area contributed by atoms with Gasteiger partial charge in [-0.3, -0.25) is 0 Å². The lowest BCUT2D eigenvalue weighted by atomic mass is 10.1. The number of nitrogens with zero attached hydrogens (tertiary/aromatic N) is 3. The lowest BCUT2D eigenvalue weighted by molar-refractivity contribution is 0.629. The molecule has 0 radical (unpaired) electrons. The molecule has 0 N–H and O–H groups in total. The van der Waals surface area contributed by atoms with Gasteiger partial charge in [0, 0.05) is 23.4 Å². The molecule has 2 aromatic heterocycles. The Labute approximate surface area is 131 Å². The summed E-state index contributed by atoms with van der Waals surface area (Å²) in [5.74, 6) is 0.557. The first-order chi connectivity index (χ1) is 10.8. The summed E-state index contributed by atoms with van der Waals surface area (Å²) in [5.41, 5.74) is 2.16. The first-order valence-corrected chi connectivity index (χ1v) is 8.07. The van der Waals surface area contributed by atoms with Crippen molar-refractivity contribution in [3.63, 3.8) is 0 Å². The van der Waals surface area contributed by atoms with Crippen LogP contribution < -0.4 is 4.90 Å². The summed E-state index contributed by atoms with van der Waals surface area (Å²) >= 11 is 1.77. The average molecular weight is 311 g/mol. The van der Waals surface area contributed by atoms with Crippen molar-refractivity contribution in [2.45, 2.75) is 6.42 Å². The molecule has 0 aliphatic carbocycles. The number of benzene rings is 1. The molecule has 4 rings (SSSR count). The van der Waals surface area contributed by atoms with Gasteiger partial charge in [0.15, 0.2) is 0 Å². The van der Waals surface area contributed by atoms with Crippen molar-refractivity contribution in [2.75, 3.05) is 18.0 Å². The summed E-state index contributed by atoms with van der Waals surface area (Å²) in [7, 11) is 0. The molecule has 0 saturated carbocycles. The molecule has 0 unspecified atom stereocenters. The minimum atomic E-state index is -0.254. The maximum atomic E-state index is 13.5. The van der Waals surface area contributed by atoms with Crippen LogP contribution in [0.5, 0.6) is 0 Å². The molecule has 22 heavy (non-hydrogen) atoms. The number of aromatic nitrogens is 2. The van der Waals surface area contributed by atoms with E-state index in [-0.39, 0.29) is 5.82 Å². The van der Waals surface area contributed by atoms with Crippen LogP contribution >= 0.6 is 11.3 Å². The lowest BCUT2D eigenvalue weighted by Crippen LogP contribution is -2.29. The molecule has 110 valence electrons. The number of fused-ring (bicyclic) bond motifs is 1. The number of anilines is 1. The highest BCUT2D eigenvalue weighted by atomic mass is 32.1. The monoisotopic (exact) mass is 311 g/mol. The van der Waals surface area contributed by atoms with Crippen molar-refractivity contribution in [2.24, 2.45) is 0 Å². The number of hydrogen-bond donors (Lipinski definition) is 0. The third-order valence-corrected chi connectivity index (χ3v) is 4.87. The van der Waals surface area contributed by atoms with Gasteiger partial charge >= 0.3 is 0 Å². The molecular weight excluding hydrogens is 297 g/mol. The van der Waals surface area contributed by atoms with Crippen molar-refractivity contribution in [1.82, 2.24) is 9.97 Å². The molecule has 1 aliphatic rings. The van der Waals surface area contributed by atoms with Crippen LogP contribution in [0.3, 0.4) is 0 Å². The van der Waals surface area contributed by atoms with Crippen LogP contribution in [0, 0.1) is 5.82 Å². The maximum absolute atomic E-state index is 13.5. The van der Waals surface area contributed by atoms with E-state index in [0.717, 1.165) is 36.2 Å². The molecule has 0 atom stereocenters. The van der Waals surface area contributed by atoms with E-state index < -0.39 is 0 Å². The fourth-order valence-corrected chi connectivity index (χ4v) is 3.61. The summed E-state index contributed by atoms with van der Waals surface area (Å²) in [6, 6.07) is 8.88. The smallest absolute Gasteiger partial charge is 0.140 e. The molecule has 0 amide bonds. The van der Waals surface area contributed by atoms with Crippen molar-refractivity contribution in [3.8, 4) is 0 Å². The van der Waals surface area contributed by atoms with Crippen molar-refractivity contribution < 1.29 is 4.39 Å². The third kappa shape index (κ3) is 2.37. The summed E-state index contributed by atoms with van der Waals surface area (Å²) in [4.78, 5) is 12.1. The third-order valence-electron chi connectivity index (χ3n) is 3.92.